The fourth-order valence-electron chi connectivity index (χ4n) is 1.31. The van der Waals surface area contributed by atoms with Crippen molar-refractivity contribution in [2.75, 3.05) is 0 Å². The smallest absolute Gasteiger partial charge is 0.332 e. The van der Waals surface area contributed by atoms with Crippen molar-refractivity contribution in [3.63, 3.8) is 0 Å². The van der Waals surface area contributed by atoms with Crippen molar-refractivity contribution in [3.8, 4) is 0 Å². The van der Waals surface area contributed by atoms with E-state index in [1.165, 1.54) is 24.3 Å². The first-order valence-corrected chi connectivity index (χ1v) is 5.00. The van der Waals surface area contributed by atoms with Gasteiger partial charge in [0.2, 0.25) is 5.76 Å². The Labute approximate surface area is 100.0 Å². The highest BCUT2D eigenvalue weighted by Crippen LogP contribution is 2.35. The van der Waals surface area contributed by atoms with Gasteiger partial charge in [-0.05, 0) is 11.6 Å². The zero-order valence-corrected chi connectivity index (χ0v) is 9.12. The van der Waals surface area contributed by atoms with Crippen LogP contribution in [0.25, 0.3) is 0 Å². The van der Waals surface area contributed by atoms with Crippen LogP contribution in [-0.4, -0.2) is 10.4 Å². The van der Waals surface area contributed by atoms with Gasteiger partial charge in [0.15, 0.2) is 5.69 Å². The van der Waals surface area contributed by atoms with E-state index in [4.69, 9.17) is 11.6 Å². The molecule has 6 heteroatoms. The van der Waals surface area contributed by atoms with Gasteiger partial charge in [0.25, 0.3) is 5.24 Å². The first-order valence-electron chi connectivity index (χ1n) is 4.62. The van der Waals surface area contributed by atoms with Gasteiger partial charge in [0.1, 0.15) is 0 Å². The summed E-state index contributed by atoms with van der Waals surface area (Å²) in [6, 6.07) is 7.92. The van der Waals surface area contributed by atoms with Crippen LogP contribution in [0.1, 0.15) is 21.8 Å². The Balaban J connectivity index is 2.41. The quantitative estimate of drug-likeness (QED) is 0.793. The van der Waals surface area contributed by atoms with Crippen molar-refractivity contribution in [2.24, 2.45) is 0 Å². The SMILES string of the molecule is O=C(Cl)c1cc(C(F)(F)c2ccccc2)on1. The fraction of sp³-hybridized carbons (Fsp3) is 0.0909. The lowest BCUT2D eigenvalue weighted by Crippen LogP contribution is -2.13. The standard InChI is InChI=1S/C11H6ClF2NO2/c12-10(16)8-6-9(17-15-8)11(13,14)7-4-2-1-3-5-7/h1-6H. The van der Waals surface area contributed by atoms with Crippen LogP contribution in [0.5, 0.6) is 0 Å². The number of carbonyl (C=O) groups excluding carboxylic acids is 1. The molecule has 1 aromatic carbocycles. The number of rotatable bonds is 3. The van der Waals surface area contributed by atoms with E-state index in [1.54, 1.807) is 6.07 Å². The molecule has 3 nitrogen and oxygen atoms in total. The number of aromatic nitrogens is 1. The number of halogens is 3. The van der Waals surface area contributed by atoms with Gasteiger partial charge >= 0.3 is 5.92 Å². The molecule has 88 valence electrons. The average Bonchev–Trinajstić information content (AvgIpc) is 2.80. The molecule has 2 rings (SSSR count). The third-order valence-corrected chi connectivity index (χ3v) is 2.35. The molecular weight excluding hydrogens is 252 g/mol. The monoisotopic (exact) mass is 257 g/mol. The third kappa shape index (κ3) is 2.19. The molecule has 0 N–H and O–H groups in total. The highest BCUT2D eigenvalue weighted by atomic mass is 35.5. The van der Waals surface area contributed by atoms with E-state index in [-0.39, 0.29) is 11.3 Å². The summed E-state index contributed by atoms with van der Waals surface area (Å²) >= 11 is 5.11. The van der Waals surface area contributed by atoms with Crippen LogP contribution in [0.4, 0.5) is 8.78 Å². The second kappa shape index (κ2) is 4.25. The Morgan fingerprint density at radius 2 is 1.94 bits per heavy atom. The Morgan fingerprint density at radius 3 is 2.47 bits per heavy atom. The second-order valence-electron chi connectivity index (χ2n) is 3.29. The van der Waals surface area contributed by atoms with Crippen molar-refractivity contribution in [3.05, 3.63) is 53.4 Å². The topological polar surface area (TPSA) is 43.1 Å². The molecule has 0 aliphatic rings. The second-order valence-corrected chi connectivity index (χ2v) is 3.63. The Bertz CT molecular complexity index is 539. The molecule has 0 amide bonds. The lowest BCUT2D eigenvalue weighted by Gasteiger charge is -2.12. The van der Waals surface area contributed by atoms with E-state index in [1.807, 2.05) is 0 Å². The molecule has 2 aromatic rings. The summed E-state index contributed by atoms with van der Waals surface area (Å²) in [6.45, 7) is 0. The van der Waals surface area contributed by atoms with Gasteiger partial charge in [0.05, 0.1) is 0 Å². The molecule has 0 radical (unpaired) electrons. The summed E-state index contributed by atoms with van der Waals surface area (Å²) in [4.78, 5) is 10.7. The maximum Gasteiger partial charge on any atom is 0.332 e. The van der Waals surface area contributed by atoms with E-state index in [2.05, 4.69) is 9.68 Å². The molecular formula is C11H6ClF2NO2. The third-order valence-electron chi connectivity index (χ3n) is 2.16. The minimum absolute atomic E-state index is 0.246. The molecule has 0 saturated carbocycles. The molecule has 0 fully saturated rings. The fourth-order valence-corrected chi connectivity index (χ4v) is 1.39. The maximum absolute atomic E-state index is 13.9. The van der Waals surface area contributed by atoms with Crippen LogP contribution < -0.4 is 0 Å². The van der Waals surface area contributed by atoms with Crippen LogP contribution in [0, 0.1) is 0 Å². The maximum atomic E-state index is 13.9. The van der Waals surface area contributed by atoms with Crippen molar-refractivity contribution >= 4 is 16.8 Å². The minimum Gasteiger partial charge on any atom is -0.354 e. The van der Waals surface area contributed by atoms with E-state index < -0.39 is 16.9 Å². The van der Waals surface area contributed by atoms with Crippen LogP contribution in [0.15, 0.2) is 40.9 Å². The molecule has 1 aromatic heterocycles. The summed E-state index contributed by atoms with van der Waals surface area (Å²) in [5.74, 6) is -4.06. The summed E-state index contributed by atoms with van der Waals surface area (Å²) in [5.41, 5.74) is -0.581. The van der Waals surface area contributed by atoms with E-state index >= 15 is 0 Å². The highest BCUT2D eigenvalue weighted by molar-refractivity contribution is 6.67. The molecule has 1 heterocycles. The number of benzene rings is 1. The molecule has 0 aliphatic heterocycles. The average molecular weight is 258 g/mol. The summed E-state index contributed by atoms with van der Waals surface area (Å²) in [7, 11) is 0. The van der Waals surface area contributed by atoms with Crippen molar-refractivity contribution < 1.29 is 18.1 Å². The molecule has 0 aliphatic carbocycles. The van der Waals surface area contributed by atoms with Crippen molar-refractivity contribution in [1.82, 2.24) is 5.16 Å². The highest BCUT2D eigenvalue weighted by Gasteiger charge is 2.38. The predicted molar refractivity (Wildman–Crippen MR) is 56.1 cm³/mol. The van der Waals surface area contributed by atoms with E-state index in [9.17, 15) is 13.6 Å². The number of nitrogens with zero attached hydrogens (tertiary/aromatic N) is 1. The molecule has 0 spiro atoms. The first kappa shape index (κ1) is 11.7. The molecule has 0 bridgehead atoms. The predicted octanol–water partition coefficient (Wildman–Crippen LogP) is 3.19. The van der Waals surface area contributed by atoms with Crippen molar-refractivity contribution in [2.45, 2.75) is 5.92 Å². The van der Waals surface area contributed by atoms with Crippen LogP contribution in [-0.2, 0) is 5.92 Å². The minimum atomic E-state index is -3.35. The van der Waals surface area contributed by atoms with Crippen LogP contribution in [0.2, 0.25) is 0 Å². The van der Waals surface area contributed by atoms with Gasteiger partial charge in [-0.25, -0.2) is 0 Å². The normalized spacial score (nSPS) is 11.5. The van der Waals surface area contributed by atoms with Gasteiger partial charge < -0.3 is 4.52 Å². The zero-order valence-electron chi connectivity index (χ0n) is 8.36. The summed E-state index contributed by atoms with van der Waals surface area (Å²) < 4.78 is 32.2. The lowest BCUT2D eigenvalue weighted by atomic mass is 10.1. The number of hydrogen-bond donors (Lipinski definition) is 0. The van der Waals surface area contributed by atoms with Crippen LogP contribution >= 0.6 is 11.6 Å². The molecule has 0 atom stereocenters. The van der Waals surface area contributed by atoms with E-state index in [0.717, 1.165) is 6.07 Å². The molecule has 0 saturated heterocycles. The first-order chi connectivity index (χ1) is 8.01. The van der Waals surface area contributed by atoms with Gasteiger partial charge in [-0.1, -0.05) is 35.5 Å². The number of hydrogen-bond acceptors (Lipinski definition) is 3. The molecule has 0 unspecified atom stereocenters. The Kier molecular flexibility index (Phi) is 2.93. The van der Waals surface area contributed by atoms with Gasteiger partial charge in [-0.2, -0.15) is 8.78 Å². The summed E-state index contributed by atoms with van der Waals surface area (Å²) in [5, 5.41) is 2.23. The number of carbonyl (C=O) groups is 1. The van der Waals surface area contributed by atoms with Gasteiger partial charge in [0, 0.05) is 11.6 Å². The Morgan fingerprint density at radius 1 is 1.29 bits per heavy atom. The largest absolute Gasteiger partial charge is 0.354 e. The summed E-state index contributed by atoms with van der Waals surface area (Å²) in [6.07, 6.45) is 0. The molecule has 17 heavy (non-hydrogen) atoms. The van der Waals surface area contributed by atoms with E-state index in [0.29, 0.717) is 0 Å². The zero-order chi connectivity index (χ0) is 12.5. The van der Waals surface area contributed by atoms with Crippen molar-refractivity contribution in [1.29, 1.82) is 0 Å². The Hall–Kier alpha value is -1.75. The van der Waals surface area contributed by atoms with Crippen LogP contribution in [0.3, 0.4) is 0 Å². The number of alkyl halides is 2. The lowest BCUT2D eigenvalue weighted by molar-refractivity contribution is 0.0130. The van der Waals surface area contributed by atoms with Gasteiger partial charge in [-0.3, -0.25) is 4.79 Å². The van der Waals surface area contributed by atoms with Gasteiger partial charge in [-0.15, -0.1) is 0 Å².